The lowest BCUT2D eigenvalue weighted by Crippen LogP contribution is -2.49. The van der Waals surface area contributed by atoms with Crippen LogP contribution in [0.1, 0.15) is 10.4 Å². The lowest BCUT2D eigenvalue weighted by molar-refractivity contribution is 0.0615. The molecular weight excluding hydrogens is 390 g/mol. The zero-order valence-electron chi connectivity index (χ0n) is 16.1. The Balaban J connectivity index is 1.57. The Morgan fingerprint density at radius 2 is 2.10 bits per heavy atom. The summed E-state index contributed by atoms with van der Waals surface area (Å²) < 4.78 is 0. The number of piperazine rings is 1. The summed E-state index contributed by atoms with van der Waals surface area (Å²) in [6, 6.07) is 5.81. The number of aromatic nitrogens is 4. The van der Waals surface area contributed by atoms with Crippen LogP contribution >= 0.6 is 11.8 Å². The predicted molar refractivity (Wildman–Crippen MR) is 113 cm³/mol. The summed E-state index contributed by atoms with van der Waals surface area (Å²) >= 11 is 1.43. The molecule has 1 aliphatic heterocycles. The van der Waals surface area contributed by atoms with Gasteiger partial charge in [0.25, 0.3) is 5.91 Å². The van der Waals surface area contributed by atoms with Crippen LogP contribution < -0.4 is 5.32 Å². The van der Waals surface area contributed by atoms with Crippen molar-refractivity contribution in [3.63, 3.8) is 0 Å². The first kappa shape index (κ1) is 19.6. The number of H-pyrrole nitrogens is 1. The third kappa shape index (κ3) is 4.34. The number of anilines is 2. The molecule has 152 valence electrons. The molecule has 0 spiro atoms. The van der Waals surface area contributed by atoms with Crippen molar-refractivity contribution in [2.75, 3.05) is 50.9 Å². The van der Waals surface area contributed by atoms with E-state index >= 15 is 0 Å². The highest BCUT2D eigenvalue weighted by Crippen LogP contribution is 2.25. The van der Waals surface area contributed by atoms with Crippen molar-refractivity contribution in [1.82, 2.24) is 30.0 Å². The number of rotatable bonds is 6. The van der Waals surface area contributed by atoms with Crippen molar-refractivity contribution in [1.29, 1.82) is 0 Å². The lowest BCUT2D eigenvalue weighted by Gasteiger charge is -2.34. The van der Waals surface area contributed by atoms with Crippen LogP contribution in [0.2, 0.25) is 0 Å². The highest BCUT2D eigenvalue weighted by molar-refractivity contribution is 7.98. The number of nitrogens with one attached hydrogen (secondary N) is 2. The van der Waals surface area contributed by atoms with E-state index in [4.69, 9.17) is 5.11 Å². The van der Waals surface area contributed by atoms with E-state index in [0.717, 1.165) is 29.7 Å². The first-order chi connectivity index (χ1) is 14.2. The average molecular weight is 414 g/mol. The number of hydrogen-bond acceptors (Lipinski definition) is 8. The fourth-order valence-electron chi connectivity index (χ4n) is 3.36. The summed E-state index contributed by atoms with van der Waals surface area (Å²) in [6.45, 7) is 3.49. The quantitative estimate of drug-likeness (QED) is 0.413. The topological polar surface area (TPSA) is 110 Å². The molecule has 1 aromatic carbocycles. The maximum atomic E-state index is 13.2. The van der Waals surface area contributed by atoms with E-state index in [9.17, 15) is 4.79 Å². The van der Waals surface area contributed by atoms with E-state index < -0.39 is 0 Å². The summed E-state index contributed by atoms with van der Waals surface area (Å²) in [4.78, 5) is 26.0. The highest BCUT2D eigenvalue weighted by Gasteiger charge is 2.25. The van der Waals surface area contributed by atoms with Crippen LogP contribution in [0.15, 0.2) is 35.7 Å². The van der Waals surface area contributed by atoms with Gasteiger partial charge in [0.1, 0.15) is 11.4 Å². The van der Waals surface area contributed by atoms with E-state index in [1.54, 1.807) is 12.4 Å². The largest absolute Gasteiger partial charge is 0.395 e. The van der Waals surface area contributed by atoms with Gasteiger partial charge in [-0.3, -0.25) is 14.8 Å². The van der Waals surface area contributed by atoms with Crippen LogP contribution in [0.3, 0.4) is 0 Å². The molecule has 3 heterocycles. The van der Waals surface area contributed by atoms with E-state index in [1.165, 1.54) is 11.8 Å². The normalized spacial score (nSPS) is 15.0. The lowest BCUT2D eigenvalue weighted by atomic mass is 10.2. The van der Waals surface area contributed by atoms with Crippen molar-refractivity contribution < 1.29 is 9.90 Å². The summed E-state index contributed by atoms with van der Waals surface area (Å²) in [5.41, 5.74) is 2.22. The number of nitrogens with zero attached hydrogens (tertiary/aromatic N) is 5. The van der Waals surface area contributed by atoms with E-state index in [0.29, 0.717) is 36.2 Å². The third-order valence-corrected chi connectivity index (χ3v) is 5.52. The van der Waals surface area contributed by atoms with E-state index in [1.807, 2.05) is 29.4 Å². The van der Waals surface area contributed by atoms with Gasteiger partial charge in [-0.15, -0.1) is 0 Å². The van der Waals surface area contributed by atoms with Crippen molar-refractivity contribution in [2.45, 2.75) is 5.16 Å². The van der Waals surface area contributed by atoms with Gasteiger partial charge in [-0.05, 0) is 24.5 Å². The number of aliphatic hydroxyl groups is 1. The van der Waals surface area contributed by atoms with Crippen molar-refractivity contribution >= 4 is 40.1 Å². The Labute approximate surface area is 172 Å². The molecule has 0 radical (unpaired) electrons. The summed E-state index contributed by atoms with van der Waals surface area (Å²) in [5, 5.41) is 20.9. The minimum absolute atomic E-state index is 0.0896. The number of carbonyl (C=O) groups is 1. The summed E-state index contributed by atoms with van der Waals surface area (Å²) in [7, 11) is 0. The number of carbonyl (C=O) groups excluding carboxylic acids is 1. The van der Waals surface area contributed by atoms with Gasteiger partial charge >= 0.3 is 0 Å². The SMILES string of the molecule is CSc1ncc(C(=O)N2CCN(CCO)CC2)c(Nc2ccc3[nH]ncc3c2)n1. The Hall–Kier alpha value is -2.69. The second-order valence-corrected chi connectivity index (χ2v) is 7.55. The molecule has 0 bridgehead atoms. The van der Waals surface area contributed by atoms with Crippen LogP contribution in [0.25, 0.3) is 10.9 Å². The second kappa shape index (κ2) is 8.76. The van der Waals surface area contributed by atoms with Crippen LogP contribution in [-0.2, 0) is 0 Å². The fraction of sp³-hybridized carbons (Fsp3) is 0.368. The molecule has 4 rings (SSSR count). The monoisotopic (exact) mass is 413 g/mol. The highest BCUT2D eigenvalue weighted by atomic mass is 32.2. The van der Waals surface area contributed by atoms with Crippen LogP contribution in [-0.4, -0.2) is 86.6 Å². The van der Waals surface area contributed by atoms with Gasteiger partial charge in [-0.2, -0.15) is 5.10 Å². The van der Waals surface area contributed by atoms with Gasteiger partial charge in [0.2, 0.25) is 0 Å². The third-order valence-electron chi connectivity index (χ3n) is 4.96. The number of β-amino-alcohol motifs (C(OH)–C–C–N with tert-alkyl or cyclic N) is 1. The smallest absolute Gasteiger partial charge is 0.259 e. The van der Waals surface area contributed by atoms with Gasteiger partial charge < -0.3 is 15.3 Å². The molecule has 2 aromatic heterocycles. The molecule has 1 aliphatic rings. The minimum atomic E-state index is -0.0896. The zero-order valence-corrected chi connectivity index (χ0v) is 16.9. The van der Waals surface area contributed by atoms with E-state index in [2.05, 4.69) is 30.4 Å². The van der Waals surface area contributed by atoms with Crippen LogP contribution in [0.4, 0.5) is 11.5 Å². The first-order valence-corrected chi connectivity index (χ1v) is 10.6. The predicted octanol–water partition coefficient (Wildman–Crippen LogP) is 1.57. The van der Waals surface area contributed by atoms with Gasteiger partial charge in [-0.1, -0.05) is 11.8 Å². The van der Waals surface area contributed by atoms with Gasteiger partial charge in [0, 0.05) is 50.0 Å². The number of fused-ring (bicyclic) bond motifs is 1. The Kier molecular flexibility index (Phi) is 5.93. The molecule has 1 fully saturated rings. The number of hydrogen-bond donors (Lipinski definition) is 3. The van der Waals surface area contributed by atoms with Crippen molar-refractivity contribution in [3.8, 4) is 0 Å². The number of aromatic amines is 1. The number of amides is 1. The molecule has 3 N–H and O–H groups in total. The number of thioether (sulfide) groups is 1. The van der Waals surface area contributed by atoms with Gasteiger partial charge in [-0.25, -0.2) is 9.97 Å². The Morgan fingerprint density at radius 3 is 2.86 bits per heavy atom. The number of benzene rings is 1. The Bertz CT molecular complexity index is 1000. The molecular formula is C19H23N7O2S. The van der Waals surface area contributed by atoms with Gasteiger partial charge in [0.05, 0.1) is 18.3 Å². The zero-order chi connectivity index (χ0) is 20.2. The molecule has 3 aromatic rings. The Morgan fingerprint density at radius 1 is 1.28 bits per heavy atom. The maximum absolute atomic E-state index is 13.2. The molecule has 10 heteroatoms. The van der Waals surface area contributed by atoms with Gasteiger partial charge in [0.15, 0.2) is 5.16 Å². The molecule has 0 unspecified atom stereocenters. The van der Waals surface area contributed by atoms with Crippen LogP contribution in [0.5, 0.6) is 0 Å². The minimum Gasteiger partial charge on any atom is -0.395 e. The number of aliphatic hydroxyl groups excluding tert-OH is 1. The first-order valence-electron chi connectivity index (χ1n) is 9.41. The average Bonchev–Trinajstić information content (AvgIpc) is 3.22. The molecule has 29 heavy (non-hydrogen) atoms. The van der Waals surface area contributed by atoms with E-state index in [-0.39, 0.29) is 12.5 Å². The summed E-state index contributed by atoms with van der Waals surface area (Å²) in [5.74, 6) is 0.406. The molecule has 0 atom stereocenters. The van der Waals surface area contributed by atoms with Crippen LogP contribution in [0, 0.1) is 0 Å². The molecule has 0 aliphatic carbocycles. The van der Waals surface area contributed by atoms with Crippen molar-refractivity contribution in [3.05, 3.63) is 36.2 Å². The second-order valence-electron chi connectivity index (χ2n) is 6.77. The standard InChI is InChI=1S/C19H23N7O2S/c1-29-19-20-12-15(18(28)26-6-4-25(5-7-26)8-9-27)17(23-19)22-14-2-3-16-13(10-14)11-21-24-16/h2-3,10-12,27H,4-9H2,1H3,(H,21,24)(H,20,22,23). The molecule has 9 nitrogen and oxygen atoms in total. The van der Waals surface area contributed by atoms with Crippen molar-refractivity contribution in [2.24, 2.45) is 0 Å². The summed E-state index contributed by atoms with van der Waals surface area (Å²) in [6.07, 6.45) is 5.25. The molecule has 1 saturated heterocycles. The molecule has 1 amide bonds. The fourth-order valence-corrected chi connectivity index (χ4v) is 3.70. The molecule has 0 saturated carbocycles. The maximum Gasteiger partial charge on any atom is 0.259 e.